The van der Waals surface area contributed by atoms with Crippen molar-refractivity contribution >= 4 is 11.7 Å². The highest BCUT2D eigenvalue weighted by Gasteiger charge is 2.32. The molecule has 140 valence electrons. The van der Waals surface area contributed by atoms with E-state index in [-0.39, 0.29) is 12.1 Å². The number of amides is 2. The third-order valence-corrected chi connectivity index (χ3v) is 5.03. The number of anilines is 1. The molecule has 1 N–H and O–H groups in total. The van der Waals surface area contributed by atoms with Gasteiger partial charge in [-0.15, -0.1) is 10.2 Å². The van der Waals surface area contributed by atoms with Gasteiger partial charge < -0.3 is 19.3 Å². The Bertz CT molecular complexity index is 976. The van der Waals surface area contributed by atoms with Crippen molar-refractivity contribution in [3.63, 3.8) is 0 Å². The summed E-state index contributed by atoms with van der Waals surface area (Å²) in [5.74, 6) is 1.52. The van der Waals surface area contributed by atoms with Gasteiger partial charge in [0.1, 0.15) is 17.8 Å². The largest absolute Gasteiger partial charge is 0.361 e. The summed E-state index contributed by atoms with van der Waals surface area (Å²) >= 11 is 0. The van der Waals surface area contributed by atoms with E-state index in [2.05, 4.69) is 20.7 Å². The number of carbonyl (C=O) groups excluding carboxylic acids is 1. The summed E-state index contributed by atoms with van der Waals surface area (Å²) in [6, 6.07) is 7.51. The Labute approximate surface area is 157 Å². The maximum absolute atomic E-state index is 12.9. The predicted octanol–water partition coefficient (Wildman–Crippen LogP) is 3.46. The fourth-order valence-corrected chi connectivity index (χ4v) is 3.59. The van der Waals surface area contributed by atoms with E-state index in [1.165, 1.54) is 0 Å². The summed E-state index contributed by atoms with van der Waals surface area (Å²) in [6.45, 7) is 4.53. The van der Waals surface area contributed by atoms with Gasteiger partial charge in [-0.3, -0.25) is 0 Å². The smallest absolute Gasteiger partial charge is 0.322 e. The lowest BCUT2D eigenvalue weighted by Crippen LogP contribution is -2.34. The molecule has 0 saturated carbocycles. The third-order valence-electron chi connectivity index (χ3n) is 5.03. The van der Waals surface area contributed by atoms with Crippen LogP contribution in [0.1, 0.15) is 35.9 Å². The molecule has 8 heteroatoms. The first-order chi connectivity index (χ1) is 13.0. The molecule has 1 aromatic carbocycles. The highest BCUT2D eigenvalue weighted by molar-refractivity contribution is 5.91. The fourth-order valence-electron chi connectivity index (χ4n) is 3.59. The highest BCUT2D eigenvalue weighted by atomic mass is 16.5. The standard InChI is InChI=1S/C19H22N6O2/c1-12-10-16(23-27-12)17-8-5-9-25(17)19(26)21-15-7-4-6-14(13(15)2)18-22-20-11-24(18)3/h4,6-7,10-11,17H,5,8-9H2,1-3H3,(H,21,26)/t17-/m0/s1. The van der Waals surface area contributed by atoms with E-state index in [4.69, 9.17) is 4.52 Å². The van der Waals surface area contributed by atoms with Crippen molar-refractivity contribution < 1.29 is 9.32 Å². The molecule has 3 aromatic rings. The van der Waals surface area contributed by atoms with Crippen molar-refractivity contribution in [3.05, 3.63) is 47.6 Å². The molecular formula is C19H22N6O2. The minimum absolute atomic E-state index is 0.0512. The first kappa shape index (κ1) is 17.3. The zero-order chi connectivity index (χ0) is 19.0. The van der Waals surface area contributed by atoms with Gasteiger partial charge in [0.2, 0.25) is 0 Å². The van der Waals surface area contributed by atoms with Crippen molar-refractivity contribution in [2.24, 2.45) is 7.05 Å². The van der Waals surface area contributed by atoms with Crippen LogP contribution in [-0.2, 0) is 7.05 Å². The summed E-state index contributed by atoms with van der Waals surface area (Å²) in [6.07, 6.45) is 3.49. The average Bonchev–Trinajstić information content (AvgIpc) is 3.37. The molecule has 0 spiro atoms. The second kappa shape index (κ2) is 6.86. The van der Waals surface area contributed by atoms with Gasteiger partial charge in [0.15, 0.2) is 5.82 Å². The second-order valence-electron chi connectivity index (χ2n) is 6.89. The number of aromatic nitrogens is 4. The van der Waals surface area contributed by atoms with Crippen LogP contribution in [0.5, 0.6) is 0 Å². The van der Waals surface area contributed by atoms with Crippen molar-refractivity contribution in [2.75, 3.05) is 11.9 Å². The molecule has 3 heterocycles. The van der Waals surface area contributed by atoms with E-state index in [1.807, 2.05) is 54.6 Å². The average molecular weight is 366 g/mol. The maximum Gasteiger partial charge on any atom is 0.322 e. The molecule has 1 aliphatic heterocycles. The van der Waals surface area contributed by atoms with Gasteiger partial charge in [-0.1, -0.05) is 17.3 Å². The van der Waals surface area contributed by atoms with Gasteiger partial charge in [0.05, 0.1) is 6.04 Å². The lowest BCUT2D eigenvalue weighted by molar-refractivity contribution is 0.204. The van der Waals surface area contributed by atoms with Gasteiger partial charge in [-0.25, -0.2) is 4.79 Å². The number of carbonyl (C=O) groups is 1. The number of nitrogens with one attached hydrogen (secondary N) is 1. The zero-order valence-corrected chi connectivity index (χ0v) is 15.6. The number of rotatable bonds is 3. The van der Waals surface area contributed by atoms with Gasteiger partial charge in [0.25, 0.3) is 0 Å². The molecule has 27 heavy (non-hydrogen) atoms. The Morgan fingerprint density at radius 3 is 2.89 bits per heavy atom. The van der Waals surface area contributed by atoms with Crippen molar-refractivity contribution in [1.29, 1.82) is 0 Å². The first-order valence-electron chi connectivity index (χ1n) is 8.99. The van der Waals surface area contributed by atoms with Gasteiger partial charge in [0, 0.05) is 30.9 Å². The topological polar surface area (TPSA) is 89.1 Å². The van der Waals surface area contributed by atoms with Crippen LogP contribution >= 0.6 is 0 Å². The lowest BCUT2D eigenvalue weighted by Gasteiger charge is -2.24. The van der Waals surface area contributed by atoms with Gasteiger partial charge >= 0.3 is 6.03 Å². The number of aryl methyl sites for hydroxylation is 2. The summed E-state index contributed by atoms with van der Waals surface area (Å²) in [7, 11) is 1.90. The van der Waals surface area contributed by atoms with Crippen LogP contribution < -0.4 is 5.32 Å². The van der Waals surface area contributed by atoms with Gasteiger partial charge in [-0.2, -0.15) is 0 Å². The lowest BCUT2D eigenvalue weighted by atomic mass is 10.1. The number of likely N-dealkylation sites (tertiary alicyclic amines) is 1. The summed E-state index contributed by atoms with van der Waals surface area (Å²) in [4.78, 5) is 14.8. The van der Waals surface area contributed by atoms with E-state index in [0.717, 1.165) is 46.9 Å². The molecular weight excluding hydrogens is 344 g/mol. The summed E-state index contributed by atoms with van der Waals surface area (Å²) in [5.41, 5.74) is 3.47. The fraction of sp³-hybridized carbons (Fsp3) is 0.368. The maximum atomic E-state index is 12.9. The molecule has 0 aliphatic carbocycles. The molecule has 1 aliphatic rings. The van der Waals surface area contributed by atoms with Crippen LogP contribution in [0.4, 0.5) is 10.5 Å². The quantitative estimate of drug-likeness (QED) is 0.767. The second-order valence-corrected chi connectivity index (χ2v) is 6.89. The van der Waals surface area contributed by atoms with E-state index in [0.29, 0.717) is 6.54 Å². The Kier molecular flexibility index (Phi) is 4.39. The minimum atomic E-state index is -0.128. The number of nitrogens with zero attached hydrogens (tertiary/aromatic N) is 5. The first-order valence-corrected chi connectivity index (χ1v) is 8.99. The Morgan fingerprint density at radius 1 is 1.33 bits per heavy atom. The van der Waals surface area contributed by atoms with Crippen LogP contribution in [0.3, 0.4) is 0 Å². The molecule has 1 atom stereocenters. The van der Waals surface area contributed by atoms with E-state index >= 15 is 0 Å². The van der Waals surface area contributed by atoms with Crippen molar-refractivity contribution in [1.82, 2.24) is 24.8 Å². The number of hydrogen-bond donors (Lipinski definition) is 1. The van der Waals surface area contributed by atoms with Crippen molar-refractivity contribution in [2.45, 2.75) is 32.7 Å². The minimum Gasteiger partial charge on any atom is -0.361 e. The zero-order valence-electron chi connectivity index (χ0n) is 15.6. The summed E-state index contributed by atoms with van der Waals surface area (Å²) in [5, 5.41) is 15.3. The molecule has 1 saturated heterocycles. The summed E-state index contributed by atoms with van der Waals surface area (Å²) < 4.78 is 7.05. The van der Waals surface area contributed by atoms with E-state index in [1.54, 1.807) is 6.33 Å². The number of benzene rings is 1. The third kappa shape index (κ3) is 3.18. The van der Waals surface area contributed by atoms with Crippen molar-refractivity contribution in [3.8, 4) is 11.4 Å². The number of urea groups is 1. The highest BCUT2D eigenvalue weighted by Crippen LogP contribution is 2.33. The molecule has 1 fully saturated rings. The van der Waals surface area contributed by atoms with E-state index in [9.17, 15) is 4.79 Å². The van der Waals surface area contributed by atoms with Crippen LogP contribution in [0, 0.1) is 13.8 Å². The van der Waals surface area contributed by atoms with Crippen LogP contribution in [-0.4, -0.2) is 37.4 Å². The molecule has 2 amide bonds. The molecule has 0 bridgehead atoms. The number of hydrogen-bond acceptors (Lipinski definition) is 5. The molecule has 2 aromatic heterocycles. The molecule has 0 radical (unpaired) electrons. The monoisotopic (exact) mass is 366 g/mol. The Hall–Kier alpha value is -3.16. The van der Waals surface area contributed by atoms with Gasteiger partial charge in [-0.05, 0) is 38.3 Å². The predicted molar refractivity (Wildman–Crippen MR) is 100 cm³/mol. The normalized spacial score (nSPS) is 16.7. The van der Waals surface area contributed by atoms with Crippen LogP contribution in [0.15, 0.2) is 35.1 Å². The Morgan fingerprint density at radius 2 is 2.19 bits per heavy atom. The SMILES string of the molecule is Cc1cc([C@@H]2CCCN2C(=O)Nc2cccc(-c3nncn3C)c2C)no1. The van der Waals surface area contributed by atoms with Crippen LogP contribution in [0.25, 0.3) is 11.4 Å². The molecule has 0 unspecified atom stereocenters. The Balaban J connectivity index is 1.57. The molecule has 8 nitrogen and oxygen atoms in total. The van der Waals surface area contributed by atoms with Crippen LogP contribution in [0.2, 0.25) is 0 Å². The van der Waals surface area contributed by atoms with E-state index < -0.39 is 0 Å². The molecule has 4 rings (SSSR count).